The van der Waals surface area contributed by atoms with E-state index in [1.54, 1.807) is 12.4 Å². The van der Waals surface area contributed by atoms with Gasteiger partial charge in [0, 0.05) is 30.9 Å². The maximum Gasteiger partial charge on any atom is 0.407 e. The molecule has 152 valence electrons. The van der Waals surface area contributed by atoms with Gasteiger partial charge in [-0.15, -0.1) is 0 Å². The number of ether oxygens (including phenoxy) is 2. The number of hydrogen-bond acceptors (Lipinski definition) is 6. The molecule has 2 atom stereocenters. The fraction of sp³-hybridized carbons (Fsp3) is 0.650. The van der Waals surface area contributed by atoms with E-state index in [0.717, 1.165) is 37.3 Å². The summed E-state index contributed by atoms with van der Waals surface area (Å²) in [4.78, 5) is 19.3. The second kappa shape index (κ2) is 6.92. The topological polar surface area (TPSA) is 81.0 Å². The number of hydrogen-bond donors (Lipinski definition) is 1. The Morgan fingerprint density at radius 2 is 2.07 bits per heavy atom. The zero-order valence-corrected chi connectivity index (χ0v) is 17.0. The van der Waals surface area contributed by atoms with Gasteiger partial charge in [0.2, 0.25) is 0 Å². The van der Waals surface area contributed by atoms with Crippen LogP contribution in [0, 0.1) is 5.41 Å². The van der Waals surface area contributed by atoms with Gasteiger partial charge in [0.1, 0.15) is 11.1 Å². The number of nitrogens with zero attached hydrogens (tertiary/aromatic N) is 4. The summed E-state index contributed by atoms with van der Waals surface area (Å²) in [6.45, 7) is 10.0. The lowest BCUT2D eigenvalue weighted by molar-refractivity contribution is 0.0434. The van der Waals surface area contributed by atoms with Gasteiger partial charge in [0.15, 0.2) is 5.82 Å². The average molecular weight is 387 g/mol. The molecule has 0 unspecified atom stereocenters. The highest BCUT2D eigenvalue weighted by Gasteiger charge is 2.50. The predicted molar refractivity (Wildman–Crippen MR) is 105 cm³/mol. The van der Waals surface area contributed by atoms with Crippen LogP contribution < -0.4 is 10.2 Å². The van der Waals surface area contributed by atoms with E-state index in [2.05, 4.69) is 20.3 Å². The van der Waals surface area contributed by atoms with E-state index in [1.807, 2.05) is 44.5 Å². The fourth-order valence-electron chi connectivity index (χ4n) is 4.39. The fourth-order valence-corrected chi connectivity index (χ4v) is 4.39. The van der Waals surface area contributed by atoms with E-state index in [4.69, 9.17) is 9.47 Å². The number of carbonyl (C=O) groups excluding carboxylic acids is 1. The highest BCUT2D eigenvalue weighted by molar-refractivity contribution is 5.69. The largest absolute Gasteiger partial charge is 0.444 e. The van der Waals surface area contributed by atoms with Gasteiger partial charge in [-0.1, -0.05) is 0 Å². The number of alkyl carbamates (subject to hydrolysis) is 1. The minimum atomic E-state index is -0.515. The van der Waals surface area contributed by atoms with Crippen LogP contribution in [-0.2, 0) is 9.47 Å². The molecule has 1 spiro atoms. The Morgan fingerprint density at radius 3 is 2.79 bits per heavy atom. The molecule has 2 aliphatic rings. The Bertz CT molecular complexity index is 851. The van der Waals surface area contributed by atoms with Crippen LogP contribution in [0.25, 0.3) is 5.52 Å². The number of carbonyl (C=O) groups is 1. The van der Waals surface area contributed by atoms with Crippen LogP contribution in [0.3, 0.4) is 0 Å². The third-order valence-electron chi connectivity index (χ3n) is 5.80. The Labute approximate surface area is 165 Å². The smallest absolute Gasteiger partial charge is 0.407 e. The van der Waals surface area contributed by atoms with Crippen molar-refractivity contribution in [3.63, 3.8) is 0 Å². The van der Waals surface area contributed by atoms with Crippen molar-refractivity contribution in [1.29, 1.82) is 0 Å². The molecule has 4 rings (SSSR count). The summed E-state index contributed by atoms with van der Waals surface area (Å²) in [5.74, 6) is 0.957. The first-order chi connectivity index (χ1) is 13.3. The number of amides is 1. The van der Waals surface area contributed by atoms with Crippen LogP contribution in [-0.4, -0.2) is 58.1 Å². The number of anilines is 1. The molecule has 2 saturated heterocycles. The van der Waals surface area contributed by atoms with Gasteiger partial charge in [-0.25, -0.2) is 14.3 Å². The number of fused-ring (bicyclic) bond motifs is 1. The zero-order chi connectivity index (χ0) is 19.9. The molecule has 2 fully saturated rings. The summed E-state index contributed by atoms with van der Waals surface area (Å²) >= 11 is 0. The van der Waals surface area contributed by atoms with Crippen molar-refractivity contribution in [2.24, 2.45) is 5.41 Å². The Kier molecular flexibility index (Phi) is 4.69. The molecule has 0 radical (unpaired) electrons. The van der Waals surface area contributed by atoms with Gasteiger partial charge in [0.25, 0.3) is 0 Å². The average Bonchev–Trinajstić information content (AvgIpc) is 3.22. The third kappa shape index (κ3) is 3.53. The van der Waals surface area contributed by atoms with Crippen LogP contribution >= 0.6 is 0 Å². The lowest BCUT2D eigenvalue weighted by Gasteiger charge is -2.43. The molecule has 2 aromatic heterocycles. The second-order valence-corrected chi connectivity index (χ2v) is 8.90. The Morgan fingerprint density at radius 1 is 1.32 bits per heavy atom. The minimum Gasteiger partial charge on any atom is -0.444 e. The van der Waals surface area contributed by atoms with E-state index in [9.17, 15) is 4.79 Å². The molecule has 28 heavy (non-hydrogen) atoms. The summed E-state index contributed by atoms with van der Waals surface area (Å²) in [6, 6.07) is 1.93. The molecular weight excluding hydrogens is 358 g/mol. The molecular formula is C20H29N5O3. The number of nitrogens with one attached hydrogen (secondary N) is 1. The summed E-state index contributed by atoms with van der Waals surface area (Å²) in [6.07, 6.45) is 6.88. The molecule has 0 saturated carbocycles. The van der Waals surface area contributed by atoms with Crippen molar-refractivity contribution in [2.45, 2.75) is 58.3 Å². The normalized spacial score (nSPS) is 24.6. The van der Waals surface area contributed by atoms with Crippen LogP contribution in [0.1, 0.15) is 40.5 Å². The van der Waals surface area contributed by atoms with Gasteiger partial charge in [-0.2, -0.15) is 5.10 Å². The van der Waals surface area contributed by atoms with Crippen LogP contribution in [0.2, 0.25) is 0 Å². The molecule has 1 amide bonds. The van der Waals surface area contributed by atoms with Gasteiger partial charge in [0.05, 0.1) is 24.9 Å². The van der Waals surface area contributed by atoms with Crippen molar-refractivity contribution < 1.29 is 14.3 Å². The highest BCUT2D eigenvalue weighted by Crippen LogP contribution is 2.43. The lowest BCUT2D eigenvalue weighted by Crippen LogP contribution is -2.55. The van der Waals surface area contributed by atoms with E-state index >= 15 is 0 Å². The van der Waals surface area contributed by atoms with Gasteiger partial charge in [-0.3, -0.25) is 0 Å². The molecule has 2 aliphatic heterocycles. The molecule has 2 aromatic rings. The second-order valence-electron chi connectivity index (χ2n) is 8.90. The van der Waals surface area contributed by atoms with Crippen molar-refractivity contribution >= 4 is 17.4 Å². The minimum absolute atomic E-state index is 0.0320. The van der Waals surface area contributed by atoms with E-state index in [0.29, 0.717) is 6.61 Å². The first kappa shape index (κ1) is 19.0. The predicted octanol–water partition coefficient (Wildman–Crippen LogP) is 2.63. The number of aromatic nitrogens is 3. The Balaban J connectivity index is 1.47. The van der Waals surface area contributed by atoms with Gasteiger partial charge in [-0.05, 0) is 46.6 Å². The molecule has 4 heterocycles. The summed E-state index contributed by atoms with van der Waals surface area (Å²) in [5.41, 5.74) is 0.426. The number of piperidine rings is 1. The standard InChI is InChI=1S/C20H29N5O3/c1-14-16(23-18(26)28-19(2,3)4)20(13-27-14)6-10-24(11-7-20)17-15-5-8-22-25(15)12-9-21-17/h5,8-9,12,14,16H,6-7,10-11,13H2,1-4H3,(H,23,26)/t14-,16+/m0/s1. The molecule has 0 aromatic carbocycles. The molecule has 0 bridgehead atoms. The summed E-state index contributed by atoms with van der Waals surface area (Å²) < 4.78 is 13.3. The maximum absolute atomic E-state index is 12.4. The Hall–Kier alpha value is -2.35. The van der Waals surface area contributed by atoms with Crippen molar-refractivity contribution in [3.8, 4) is 0 Å². The van der Waals surface area contributed by atoms with Crippen LogP contribution in [0.5, 0.6) is 0 Å². The molecule has 1 N–H and O–H groups in total. The maximum atomic E-state index is 12.4. The zero-order valence-electron chi connectivity index (χ0n) is 17.0. The van der Waals surface area contributed by atoms with Gasteiger partial charge < -0.3 is 19.7 Å². The summed E-state index contributed by atoms with van der Waals surface area (Å²) in [5, 5.41) is 7.39. The SMILES string of the molecule is C[C@@H]1OCC2(CCN(c3nccn4nccc34)CC2)[C@@H]1NC(=O)OC(C)(C)C. The molecule has 0 aliphatic carbocycles. The van der Waals surface area contributed by atoms with Gasteiger partial charge >= 0.3 is 6.09 Å². The first-order valence-electron chi connectivity index (χ1n) is 9.92. The van der Waals surface area contributed by atoms with Crippen LogP contribution in [0.4, 0.5) is 10.6 Å². The van der Waals surface area contributed by atoms with Crippen molar-refractivity contribution in [1.82, 2.24) is 19.9 Å². The highest BCUT2D eigenvalue weighted by atomic mass is 16.6. The molecule has 8 nitrogen and oxygen atoms in total. The van der Waals surface area contributed by atoms with Crippen molar-refractivity contribution in [2.75, 3.05) is 24.6 Å². The molecule has 8 heteroatoms. The lowest BCUT2D eigenvalue weighted by atomic mass is 9.73. The monoisotopic (exact) mass is 387 g/mol. The van der Waals surface area contributed by atoms with E-state index < -0.39 is 5.60 Å². The van der Waals surface area contributed by atoms with E-state index in [1.165, 1.54) is 0 Å². The van der Waals surface area contributed by atoms with E-state index in [-0.39, 0.29) is 23.7 Å². The third-order valence-corrected chi connectivity index (χ3v) is 5.80. The number of rotatable bonds is 2. The van der Waals surface area contributed by atoms with Crippen molar-refractivity contribution in [3.05, 3.63) is 24.7 Å². The quantitative estimate of drug-likeness (QED) is 0.853. The van der Waals surface area contributed by atoms with Crippen LogP contribution in [0.15, 0.2) is 24.7 Å². The summed E-state index contributed by atoms with van der Waals surface area (Å²) in [7, 11) is 0. The first-order valence-corrected chi connectivity index (χ1v) is 9.92.